The van der Waals surface area contributed by atoms with Crippen LogP contribution in [0.4, 0.5) is 26.3 Å². The Hall–Kier alpha value is -3.08. The highest BCUT2D eigenvalue weighted by molar-refractivity contribution is 6.27. The zero-order chi connectivity index (χ0) is 23.7. The number of hydrogen-bond acceptors (Lipinski definition) is 3. The molecule has 31 heavy (non-hydrogen) atoms. The van der Waals surface area contributed by atoms with Crippen molar-refractivity contribution >= 4 is 11.9 Å². The number of carbonyl (C=O) groups is 2. The lowest BCUT2D eigenvalue weighted by atomic mass is 10.0. The predicted molar refractivity (Wildman–Crippen MR) is 96.1 cm³/mol. The summed E-state index contributed by atoms with van der Waals surface area (Å²) >= 11 is 0. The molecular formula is C20H18F6O5. The van der Waals surface area contributed by atoms with Gasteiger partial charge in [0.25, 0.3) is 0 Å². The number of aryl methyl sites for hydroxylation is 1. The van der Waals surface area contributed by atoms with Crippen LogP contribution in [0.1, 0.15) is 28.7 Å². The van der Waals surface area contributed by atoms with Crippen molar-refractivity contribution in [1.82, 2.24) is 0 Å². The summed E-state index contributed by atoms with van der Waals surface area (Å²) in [7, 11) is 0. The first-order valence-electron chi connectivity index (χ1n) is 8.68. The standard InChI is InChI=1S/C18H16F6O.C2H2O4/c19-17(20,21)15-10-4-9-14(16(15)18(22,23)24)12-25-11-5-8-13-6-2-1-3-7-13;3-1(4)2(5)6/h1-4,6-7,9-10H,5,8,11-12H2;(H,3,4)(H,5,6). The highest BCUT2D eigenvalue weighted by atomic mass is 19.4. The number of rotatable bonds is 6. The summed E-state index contributed by atoms with van der Waals surface area (Å²) in [5.74, 6) is -3.65. The lowest BCUT2D eigenvalue weighted by Gasteiger charge is -2.19. The summed E-state index contributed by atoms with van der Waals surface area (Å²) in [6, 6.07) is 11.8. The van der Waals surface area contributed by atoms with Gasteiger partial charge in [0, 0.05) is 6.61 Å². The summed E-state index contributed by atoms with van der Waals surface area (Å²) in [6.45, 7) is -0.365. The van der Waals surface area contributed by atoms with Crippen molar-refractivity contribution in [3.63, 3.8) is 0 Å². The van der Waals surface area contributed by atoms with Crippen LogP contribution < -0.4 is 0 Å². The van der Waals surface area contributed by atoms with E-state index in [1.165, 1.54) is 0 Å². The Labute approximate surface area is 172 Å². The number of hydrogen-bond donors (Lipinski definition) is 2. The van der Waals surface area contributed by atoms with E-state index in [0.29, 0.717) is 18.9 Å². The number of carboxylic acid groups (broad SMARTS) is 2. The van der Waals surface area contributed by atoms with Crippen molar-refractivity contribution in [2.45, 2.75) is 31.8 Å². The van der Waals surface area contributed by atoms with E-state index in [1.54, 1.807) is 0 Å². The number of alkyl halides is 6. The Kier molecular flexibility index (Phi) is 9.50. The van der Waals surface area contributed by atoms with E-state index in [2.05, 4.69) is 0 Å². The van der Waals surface area contributed by atoms with Gasteiger partial charge in [0.1, 0.15) is 0 Å². The highest BCUT2D eigenvalue weighted by Crippen LogP contribution is 2.42. The molecule has 2 rings (SSSR count). The smallest absolute Gasteiger partial charge is 0.417 e. The van der Waals surface area contributed by atoms with Crippen molar-refractivity contribution < 1.29 is 50.9 Å². The largest absolute Gasteiger partial charge is 0.473 e. The van der Waals surface area contributed by atoms with Gasteiger partial charge in [-0.05, 0) is 30.0 Å². The first-order valence-corrected chi connectivity index (χ1v) is 8.68. The van der Waals surface area contributed by atoms with Gasteiger partial charge in [-0.25, -0.2) is 9.59 Å². The van der Waals surface area contributed by atoms with Gasteiger partial charge in [-0.3, -0.25) is 0 Å². The van der Waals surface area contributed by atoms with Crippen LogP contribution in [0, 0.1) is 0 Å². The number of ether oxygens (including phenoxy) is 1. The maximum absolute atomic E-state index is 13.1. The van der Waals surface area contributed by atoms with Gasteiger partial charge in [-0.15, -0.1) is 0 Å². The molecule has 0 heterocycles. The zero-order valence-electron chi connectivity index (χ0n) is 15.8. The van der Waals surface area contributed by atoms with Gasteiger partial charge in [-0.2, -0.15) is 26.3 Å². The molecule has 2 aromatic carbocycles. The molecule has 0 spiro atoms. The van der Waals surface area contributed by atoms with E-state index in [1.807, 2.05) is 30.3 Å². The molecule has 2 N–H and O–H groups in total. The minimum atomic E-state index is -5.10. The van der Waals surface area contributed by atoms with Crippen LogP contribution in [-0.4, -0.2) is 28.8 Å². The summed E-state index contributed by atoms with van der Waals surface area (Å²) in [5, 5.41) is 14.8. The third-order valence-corrected chi connectivity index (χ3v) is 3.78. The van der Waals surface area contributed by atoms with Crippen LogP contribution in [0.2, 0.25) is 0 Å². The second-order valence-corrected chi connectivity index (χ2v) is 6.09. The third kappa shape index (κ3) is 9.08. The van der Waals surface area contributed by atoms with Crippen LogP contribution in [-0.2, 0) is 39.7 Å². The summed E-state index contributed by atoms with van der Waals surface area (Å²) in [4.78, 5) is 18.2. The van der Waals surface area contributed by atoms with E-state index >= 15 is 0 Å². The molecule has 0 unspecified atom stereocenters. The topological polar surface area (TPSA) is 83.8 Å². The second kappa shape index (κ2) is 11.3. The first kappa shape index (κ1) is 26.0. The molecule has 0 fully saturated rings. The van der Waals surface area contributed by atoms with E-state index in [9.17, 15) is 26.3 Å². The molecule has 0 bridgehead atoms. The number of carboxylic acids is 2. The average Bonchev–Trinajstić information content (AvgIpc) is 2.67. The van der Waals surface area contributed by atoms with Gasteiger partial charge >= 0.3 is 24.3 Å². The molecule has 11 heteroatoms. The van der Waals surface area contributed by atoms with Gasteiger partial charge in [0.15, 0.2) is 0 Å². The van der Waals surface area contributed by atoms with Crippen molar-refractivity contribution in [3.05, 3.63) is 70.8 Å². The number of halogens is 6. The number of aliphatic carboxylic acids is 2. The molecule has 2 aromatic rings. The molecule has 170 valence electrons. The number of benzene rings is 2. The van der Waals surface area contributed by atoms with Crippen LogP contribution >= 0.6 is 0 Å². The normalized spacial score (nSPS) is 11.4. The van der Waals surface area contributed by atoms with E-state index in [0.717, 1.165) is 17.7 Å². The van der Waals surface area contributed by atoms with E-state index < -0.39 is 47.6 Å². The third-order valence-electron chi connectivity index (χ3n) is 3.78. The predicted octanol–water partition coefficient (Wildman–Crippen LogP) is 5.03. The van der Waals surface area contributed by atoms with Gasteiger partial charge in [0.2, 0.25) is 0 Å². The minimum absolute atomic E-state index is 0.155. The fourth-order valence-corrected chi connectivity index (χ4v) is 2.50. The SMILES string of the molecule is FC(F)(F)c1cccc(COCCCc2ccccc2)c1C(F)(F)F.O=C(O)C(=O)O. The molecule has 0 aliphatic carbocycles. The van der Waals surface area contributed by atoms with Gasteiger partial charge in [0.05, 0.1) is 17.7 Å². The molecule has 0 aliphatic heterocycles. The van der Waals surface area contributed by atoms with E-state index in [4.69, 9.17) is 24.5 Å². The minimum Gasteiger partial charge on any atom is -0.473 e. The van der Waals surface area contributed by atoms with Crippen molar-refractivity contribution in [2.75, 3.05) is 6.61 Å². The van der Waals surface area contributed by atoms with Crippen molar-refractivity contribution in [2.24, 2.45) is 0 Å². The highest BCUT2D eigenvalue weighted by Gasteiger charge is 2.44. The zero-order valence-corrected chi connectivity index (χ0v) is 15.8. The molecular weight excluding hydrogens is 434 g/mol. The molecule has 0 saturated heterocycles. The van der Waals surface area contributed by atoms with Gasteiger partial charge < -0.3 is 14.9 Å². The molecule has 0 amide bonds. The lowest BCUT2D eigenvalue weighted by molar-refractivity contribution is -0.163. The van der Waals surface area contributed by atoms with Crippen LogP contribution in [0.15, 0.2) is 48.5 Å². The Bertz CT molecular complexity index is 851. The fourth-order valence-electron chi connectivity index (χ4n) is 2.50. The molecule has 0 atom stereocenters. The first-order chi connectivity index (χ1) is 14.3. The van der Waals surface area contributed by atoms with Crippen molar-refractivity contribution in [1.29, 1.82) is 0 Å². The second-order valence-electron chi connectivity index (χ2n) is 6.09. The quantitative estimate of drug-likeness (QED) is 0.365. The Morgan fingerprint density at radius 1 is 0.806 bits per heavy atom. The summed E-state index contributed by atoms with van der Waals surface area (Å²) in [5.41, 5.74) is -2.82. The Morgan fingerprint density at radius 2 is 1.39 bits per heavy atom. The monoisotopic (exact) mass is 452 g/mol. The maximum atomic E-state index is 13.1. The van der Waals surface area contributed by atoms with E-state index in [-0.39, 0.29) is 6.61 Å². The molecule has 5 nitrogen and oxygen atoms in total. The molecule has 0 aliphatic rings. The Morgan fingerprint density at radius 3 is 1.87 bits per heavy atom. The van der Waals surface area contributed by atoms with Crippen LogP contribution in [0.3, 0.4) is 0 Å². The molecule has 0 aromatic heterocycles. The fraction of sp³-hybridized carbons (Fsp3) is 0.300. The van der Waals surface area contributed by atoms with Crippen LogP contribution in [0.25, 0.3) is 0 Å². The summed E-state index contributed by atoms with van der Waals surface area (Å²) < 4.78 is 83.0. The molecule has 0 saturated carbocycles. The molecule has 0 radical (unpaired) electrons. The lowest BCUT2D eigenvalue weighted by Crippen LogP contribution is -2.19. The van der Waals surface area contributed by atoms with Crippen molar-refractivity contribution in [3.8, 4) is 0 Å². The average molecular weight is 452 g/mol. The maximum Gasteiger partial charge on any atom is 0.417 e. The van der Waals surface area contributed by atoms with Crippen LogP contribution in [0.5, 0.6) is 0 Å². The summed E-state index contributed by atoms with van der Waals surface area (Å²) in [6.07, 6.45) is -8.94. The van der Waals surface area contributed by atoms with Gasteiger partial charge in [-0.1, -0.05) is 42.5 Å². The Balaban J connectivity index is 0.000000703.